The van der Waals surface area contributed by atoms with E-state index in [1.165, 1.54) is 24.2 Å². The highest BCUT2D eigenvalue weighted by Crippen LogP contribution is 2.24. The molecular weight excluding hydrogens is 306 g/mol. The Labute approximate surface area is 144 Å². The third-order valence-electron chi connectivity index (χ3n) is 4.97. The summed E-state index contributed by atoms with van der Waals surface area (Å²) in [6.45, 7) is 9.79. The maximum Gasteiger partial charge on any atom is 0.131 e. The number of morpholine rings is 1. The van der Waals surface area contributed by atoms with Gasteiger partial charge < -0.3 is 25.0 Å². The number of aryl methyl sites for hydroxylation is 2. The van der Waals surface area contributed by atoms with E-state index in [1.54, 1.807) is 0 Å². The van der Waals surface area contributed by atoms with Crippen LogP contribution in [0.1, 0.15) is 24.1 Å². The summed E-state index contributed by atoms with van der Waals surface area (Å²) in [5, 5.41) is 18.2. The Morgan fingerprint density at radius 1 is 1.21 bits per heavy atom. The number of β-amino-alcohol motifs (C(OH)–C–C–N with tert-alkyl or cyclic N) is 1. The Kier molecular flexibility index (Phi) is 6.10. The van der Waals surface area contributed by atoms with Crippen LogP contribution in [-0.2, 0) is 18.3 Å². The molecule has 0 radical (unpaired) electrons. The molecular formula is C17H31N5O2. The number of hydrogen-bond acceptors (Lipinski definition) is 6. The van der Waals surface area contributed by atoms with Gasteiger partial charge in [0, 0.05) is 45.3 Å². The van der Waals surface area contributed by atoms with Gasteiger partial charge in [-0.25, -0.2) is 0 Å². The van der Waals surface area contributed by atoms with Crippen LogP contribution < -0.4 is 10.2 Å². The lowest BCUT2D eigenvalue weighted by molar-refractivity contribution is 0.121. The minimum absolute atomic E-state index is 0.313. The first-order valence-corrected chi connectivity index (χ1v) is 9.11. The van der Waals surface area contributed by atoms with Crippen LogP contribution in [0.4, 0.5) is 5.82 Å². The van der Waals surface area contributed by atoms with Crippen molar-refractivity contribution in [3.63, 3.8) is 0 Å². The average molecular weight is 337 g/mol. The van der Waals surface area contributed by atoms with Gasteiger partial charge in [-0.3, -0.25) is 4.68 Å². The van der Waals surface area contributed by atoms with Gasteiger partial charge in [-0.2, -0.15) is 5.10 Å². The molecule has 0 amide bonds. The van der Waals surface area contributed by atoms with Gasteiger partial charge in [-0.1, -0.05) is 0 Å². The molecule has 7 nitrogen and oxygen atoms in total. The van der Waals surface area contributed by atoms with Crippen molar-refractivity contribution in [2.24, 2.45) is 7.05 Å². The molecule has 0 saturated carbocycles. The van der Waals surface area contributed by atoms with Crippen LogP contribution in [0.5, 0.6) is 0 Å². The zero-order valence-corrected chi connectivity index (χ0v) is 15.0. The lowest BCUT2D eigenvalue weighted by atomic mass is 10.2. The predicted molar refractivity (Wildman–Crippen MR) is 94.4 cm³/mol. The first-order chi connectivity index (χ1) is 11.6. The van der Waals surface area contributed by atoms with Crippen LogP contribution in [0, 0.1) is 6.92 Å². The van der Waals surface area contributed by atoms with Crippen molar-refractivity contribution >= 4 is 5.82 Å². The van der Waals surface area contributed by atoms with Crippen molar-refractivity contribution < 1.29 is 9.84 Å². The van der Waals surface area contributed by atoms with Gasteiger partial charge in [0.15, 0.2) is 0 Å². The minimum Gasteiger partial charge on any atom is -0.390 e. The summed E-state index contributed by atoms with van der Waals surface area (Å²) in [7, 11) is 2.00. The van der Waals surface area contributed by atoms with Crippen LogP contribution in [0.25, 0.3) is 0 Å². The predicted octanol–water partition coefficient (Wildman–Crippen LogP) is 0.111. The highest BCUT2D eigenvalue weighted by molar-refractivity contribution is 5.50. The van der Waals surface area contributed by atoms with E-state index in [2.05, 4.69) is 27.1 Å². The number of ether oxygens (including phenoxy) is 1. The molecule has 0 spiro atoms. The van der Waals surface area contributed by atoms with E-state index in [9.17, 15) is 5.11 Å². The second-order valence-electron chi connectivity index (χ2n) is 6.90. The lowest BCUT2D eigenvalue weighted by Gasteiger charge is -2.29. The van der Waals surface area contributed by atoms with Crippen molar-refractivity contribution in [1.29, 1.82) is 0 Å². The molecule has 7 heteroatoms. The molecule has 3 rings (SSSR count). The minimum atomic E-state index is -0.313. The van der Waals surface area contributed by atoms with Gasteiger partial charge >= 0.3 is 0 Å². The van der Waals surface area contributed by atoms with Gasteiger partial charge in [0.1, 0.15) is 5.82 Å². The Morgan fingerprint density at radius 2 is 1.92 bits per heavy atom. The van der Waals surface area contributed by atoms with Crippen molar-refractivity contribution in [1.82, 2.24) is 20.0 Å². The molecule has 2 aliphatic rings. The van der Waals surface area contributed by atoms with Crippen molar-refractivity contribution in [2.45, 2.75) is 32.4 Å². The molecule has 2 N–H and O–H groups in total. The maximum atomic E-state index is 10.2. The Morgan fingerprint density at radius 3 is 2.62 bits per heavy atom. The van der Waals surface area contributed by atoms with E-state index in [1.807, 2.05) is 11.7 Å². The summed E-state index contributed by atoms with van der Waals surface area (Å²) in [5.41, 5.74) is 2.29. The third-order valence-corrected chi connectivity index (χ3v) is 4.97. The van der Waals surface area contributed by atoms with Gasteiger partial charge in [-0.05, 0) is 32.9 Å². The molecule has 0 bridgehead atoms. The Balaban J connectivity index is 1.54. The maximum absolute atomic E-state index is 10.2. The Bertz CT molecular complexity index is 521. The molecule has 2 aliphatic heterocycles. The molecule has 2 fully saturated rings. The van der Waals surface area contributed by atoms with E-state index in [0.29, 0.717) is 6.54 Å². The number of aliphatic hydroxyl groups is 1. The summed E-state index contributed by atoms with van der Waals surface area (Å²) in [6.07, 6.45) is 2.21. The number of aromatic nitrogens is 2. The van der Waals surface area contributed by atoms with Crippen LogP contribution >= 0.6 is 0 Å². The zero-order valence-electron chi connectivity index (χ0n) is 15.0. The summed E-state index contributed by atoms with van der Waals surface area (Å²) in [5.74, 6) is 1.18. The molecule has 0 aromatic carbocycles. The molecule has 2 saturated heterocycles. The topological polar surface area (TPSA) is 65.8 Å². The summed E-state index contributed by atoms with van der Waals surface area (Å²) in [4.78, 5) is 4.70. The smallest absolute Gasteiger partial charge is 0.131 e. The molecule has 3 heterocycles. The number of nitrogens with zero attached hydrogens (tertiary/aromatic N) is 4. The molecule has 1 unspecified atom stereocenters. The summed E-state index contributed by atoms with van der Waals surface area (Å²) in [6, 6.07) is 0. The van der Waals surface area contributed by atoms with Gasteiger partial charge in [0.05, 0.1) is 25.0 Å². The number of aliphatic hydroxyl groups excluding tert-OH is 1. The second kappa shape index (κ2) is 8.29. The number of hydrogen-bond donors (Lipinski definition) is 2. The van der Waals surface area contributed by atoms with Crippen LogP contribution in [0.2, 0.25) is 0 Å². The van der Waals surface area contributed by atoms with E-state index in [4.69, 9.17) is 4.74 Å². The molecule has 1 atom stereocenters. The quantitative estimate of drug-likeness (QED) is 0.736. The van der Waals surface area contributed by atoms with Crippen molar-refractivity contribution in [3.05, 3.63) is 11.3 Å². The molecule has 136 valence electrons. The average Bonchev–Trinajstić information content (AvgIpc) is 3.16. The Hall–Kier alpha value is -1.15. The largest absolute Gasteiger partial charge is 0.390 e. The number of anilines is 1. The standard InChI is InChI=1S/C17H31N5O2/c1-14-16(12-18-11-15(23)13-21-5-3-4-6-21)17(20(2)19-14)22-7-9-24-10-8-22/h15,18,23H,3-13H2,1-2H3. The monoisotopic (exact) mass is 337 g/mol. The van der Waals surface area contributed by atoms with E-state index >= 15 is 0 Å². The number of likely N-dealkylation sites (tertiary alicyclic amines) is 1. The van der Waals surface area contributed by atoms with Crippen molar-refractivity contribution in [2.75, 3.05) is 57.4 Å². The summed E-state index contributed by atoms with van der Waals surface area (Å²) >= 11 is 0. The van der Waals surface area contributed by atoms with Crippen LogP contribution in [-0.4, -0.2) is 78.4 Å². The normalized spacial score (nSPS) is 20.7. The van der Waals surface area contributed by atoms with Gasteiger partial charge in [0.2, 0.25) is 0 Å². The van der Waals surface area contributed by atoms with E-state index < -0.39 is 0 Å². The second-order valence-corrected chi connectivity index (χ2v) is 6.90. The van der Waals surface area contributed by atoms with Crippen LogP contribution in [0.3, 0.4) is 0 Å². The third kappa shape index (κ3) is 4.27. The molecule has 1 aromatic rings. The first kappa shape index (κ1) is 17.7. The number of nitrogens with one attached hydrogen (secondary N) is 1. The SMILES string of the molecule is Cc1nn(C)c(N2CCOCC2)c1CNCC(O)CN1CCCC1. The fraction of sp³-hybridized carbons (Fsp3) is 0.824. The first-order valence-electron chi connectivity index (χ1n) is 9.11. The highest BCUT2D eigenvalue weighted by atomic mass is 16.5. The van der Waals surface area contributed by atoms with E-state index in [-0.39, 0.29) is 6.10 Å². The number of rotatable bonds is 7. The lowest BCUT2D eigenvalue weighted by Crippen LogP contribution is -2.39. The molecule has 1 aromatic heterocycles. The highest BCUT2D eigenvalue weighted by Gasteiger charge is 2.21. The van der Waals surface area contributed by atoms with E-state index in [0.717, 1.165) is 58.2 Å². The van der Waals surface area contributed by atoms with Gasteiger partial charge in [-0.15, -0.1) is 0 Å². The van der Waals surface area contributed by atoms with Gasteiger partial charge in [0.25, 0.3) is 0 Å². The van der Waals surface area contributed by atoms with Crippen molar-refractivity contribution in [3.8, 4) is 0 Å². The summed E-state index contributed by atoms with van der Waals surface area (Å²) < 4.78 is 7.43. The van der Waals surface area contributed by atoms with Crippen LogP contribution in [0.15, 0.2) is 0 Å². The fourth-order valence-corrected chi connectivity index (χ4v) is 3.76. The molecule has 0 aliphatic carbocycles. The molecule has 24 heavy (non-hydrogen) atoms. The zero-order chi connectivity index (χ0) is 16.9. The fourth-order valence-electron chi connectivity index (χ4n) is 3.76.